The molecule has 0 amide bonds. The van der Waals surface area contributed by atoms with Crippen molar-refractivity contribution < 1.29 is 9.63 Å². The maximum Gasteiger partial charge on any atom is 0.112 e. The summed E-state index contributed by atoms with van der Waals surface area (Å²) in [5, 5.41) is 10.8. The molecule has 2 rings (SSSR count). The minimum atomic E-state index is -0.916. The molecule has 1 aliphatic rings. The lowest BCUT2D eigenvalue weighted by atomic mass is 10.0. The Balaban J connectivity index is 2.31. The molecule has 0 radical (unpaired) electrons. The zero-order valence-electron chi connectivity index (χ0n) is 9.40. The maximum atomic E-state index is 10.3. The van der Waals surface area contributed by atoms with E-state index in [4.69, 9.17) is 4.52 Å². The summed E-state index contributed by atoms with van der Waals surface area (Å²) in [7, 11) is -0.916. The van der Waals surface area contributed by atoms with Gasteiger partial charge in [-0.05, 0) is 20.8 Å². The second-order valence-electron chi connectivity index (χ2n) is 4.87. The van der Waals surface area contributed by atoms with Crippen molar-refractivity contribution in [2.75, 3.05) is 0 Å². The van der Waals surface area contributed by atoms with Gasteiger partial charge >= 0.3 is 0 Å². The summed E-state index contributed by atoms with van der Waals surface area (Å²) in [4.78, 5) is 0. The minimum Gasteiger partial charge on any atom is -0.383 e. The van der Waals surface area contributed by atoms with Crippen LogP contribution in [0.15, 0.2) is 30.3 Å². The van der Waals surface area contributed by atoms with Crippen molar-refractivity contribution in [1.29, 1.82) is 0 Å². The predicted molar refractivity (Wildman–Crippen MR) is 63.4 cm³/mol. The summed E-state index contributed by atoms with van der Waals surface area (Å²) >= 11 is 0. The standard InChI is InChI=1S/C12H17O2P/c1-11(2)9-12(3,13)15(14-11)10-7-5-4-6-8-10/h4-8,13H,9H2,1-3H3/t12-,15+/m0/s1. The van der Waals surface area contributed by atoms with Gasteiger partial charge in [-0.1, -0.05) is 30.3 Å². The highest BCUT2D eigenvalue weighted by atomic mass is 31.1. The van der Waals surface area contributed by atoms with Crippen LogP contribution in [0.1, 0.15) is 27.2 Å². The zero-order valence-corrected chi connectivity index (χ0v) is 10.3. The van der Waals surface area contributed by atoms with E-state index in [0.717, 1.165) is 5.30 Å². The van der Waals surface area contributed by atoms with Gasteiger partial charge in [0.15, 0.2) is 0 Å². The summed E-state index contributed by atoms with van der Waals surface area (Å²) in [6, 6.07) is 10.0. The molecule has 1 aromatic rings. The lowest BCUT2D eigenvalue weighted by Gasteiger charge is -2.23. The average molecular weight is 224 g/mol. The molecule has 1 N–H and O–H groups in total. The summed E-state index contributed by atoms with van der Waals surface area (Å²) in [5.41, 5.74) is -0.217. The van der Waals surface area contributed by atoms with Crippen LogP contribution in [0.5, 0.6) is 0 Å². The molecule has 0 saturated carbocycles. The van der Waals surface area contributed by atoms with Crippen LogP contribution in [-0.4, -0.2) is 16.0 Å². The van der Waals surface area contributed by atoms with Crippen molar-refractivity contribution in [2.45, 2.75) is 38.1 Å². The molecular formula is C12H17O2P. The number of aliphatic hydroxyl groups is 1. The molecule has 2 nitrogen and oxygen atoms in total. The Labute approximate surface area is 92.1 Å². The molecule has 1 heterocycles. The van der Waals surface area contributed by atoms with Crippen LogP contribution in [0.2, 0.25) is 0 Å². The number of benzene rings is 1. The molecule has 82 valence electrons. The van der Waals surface area contributed by atoms with Crippen molar-refractivity contribution in [2.24, 2.45) is 0 Å². The van der Waals surface area contributed by atoms with Gasteiger partial charge in [0, 0.05) is 11.7 Å². The SMILES string of the molecule is CC1(C)C[C@@](C)(O)[P@@](c2ccccc2)O1. The van der Waals surface area contributed by atoms with E-state index in [1.807, 2.05) is 51.1 Å². The molecule has 0 spiro atoms. The van der Waals surface area contributed by atoms with Crippen molar-refractivity contribution >= 4 is 13.5 Å². The zero-order chi connectivity index (χ0) is 11.1. The van der Waals surface area contributed by atoms with Gasteiger partial charge in [0.25, 0.3) is 0 Å². The Kier molecular flexibility index (Phi) is 2.62. The minimum absolute atomic E-state index is 0.217. The molecule has 1 aromatic carbocycles. The lowest BCUT2D eigenvalue weighted by Crippen LogP contribution is -2.25. The van der Waals surface area contributed by atoms with Crippen LogP contribution in [-0.2, 0) is 4.52 Å². The Morgan fingerprint density at radius 3 is 2.27 bits per heavy atom. The summed E-state index contributed by atoms with van der Waals surface area (Å²) < 4.78 is 5.96. The Morgan fingerprint density at radius 2 is 1.80 bits per heavy atom. The fourth-order valence-electron chi connectivity index (χ4n) is 2.15. The molecule has 0 bridgehead atoms. The highest BCUT2D eigenvalue weighted by Crippen LogP contribution is 2.60. The van der Waals surface area contributed by atoms with E-state index in [0.29, 0.717) is 6.42 Å². The molecule has 1 aliphatic heterocycles. The van der Waals surface area contributed by atoms with Crippen LogP contribution >= 0.6 is 8.15 Å². The first kappa shape index (κ1) is 11.1. The van der Waals surface area contributed by atoms with E-state index in [2.05, 4.69) is 0 Å². The highest BCUT2D eigenvalue weighted by molar-refractivity contribution is 7.62. The molecule has 0 aromatic heterocycles. The van der Waals surface area contributed by atoms with Gasteiger partial charge in [-0.3, -0.25) is 0 Å². The number of rotatable bonds is 1. The Bertz CT molecular complexity index is 346. The second kappa shape index (κ2) is 3.55. The maximum absolute atomic E-state index is 10.3. The van der Waals surface area contributed by atoms with Gasteiger partial charge < -0.3 is 9.63 Å². The molecule has 0 unspecified atom stereocenters. The average Bonchev–Trinajstić information content (AvgIpc) is 2.36. The molecule has 3 heteroatoms. The molecular weight excluding hydrogens is 207 g/mol. The van der Waals surface area contributed by atoms with Crippen LogP contribution in [0.4, 0.5) is 0 Å². The molecule has 0 aliphatic carbocycles. The van der Waals surface area contributed by atoms with E-state index in [-0.39, 0.29) is 5.60 Å². The van der Waals surface area contributed by atoms with Gasteiger partial charge in [0.05, 0.1) is 13.7 Å². The van der Waals surface area contributed by atoms with Crippen LogP contribution in [0.3, 0.4) is 0 Å². The van der Waals surface area contributed by atoms with Crippen molar-refractivity contribution in [3.05, 3.63) is 30.3 Å². The third-order valence-electron chi connectivity index (χ3n) is 2.53. The largest absolute Gasteiger partial charge is 0.383 e. The van der Waals surface area contributed by atoms with Crippen molar-refractivity contribution in [1.82, 2.24) is 0 Å². The summed E-state index contributed by atoms with van der Waals surface area (Å²) in [6.07, 6.45) is 0.695. The van der Waals surface area contributed by atoms with Gasteiger partial charge in [-0.2, -0.15) is 0 Å². The van der Waals surface area contributed by atoms with Crippen LogP contribution < -0.4 is 5.30 Å². The van der Waals surface area contributed by atoms with E-state index in [1.165, 1.54) is 0 Å². The van der Waals surface area contributed by atoms with E-state index < -0.39 is 13.5 Å². The summed E-state index contributed by atoms with van der Waals surface area (Å²) in [5.74, 6) is 0. The van der Waals surface area contributed by atoms with Crippen LogP contribution in [0.25, 0.3) is 0 Å². The first-order valence-electron chi connectivity index (χ1n) is 5.18. The first-order chi connectivity index (χ1) is 6.91. The molecule has 1 fully saturated rings. The quantitative estimate of drug-likeness (QED) is 0.743. The third-order valence-corrected chi connectivity index (χ3v) is 5.00. The van der Waals surface area contributed by atoms with E-state index in [9.17, 15) is 5.11 Å². The normalized spacial score (nSPS) is 34.3. The highest BCUT2D eigenvalue weighted by Gasteiger charge is 2.48. The third kappa shape index (κ3) is 2.23. The fourth-order valence-corrected chi connectivity index (χ4v) is 4.53. The van der Waals surface area contributed by atoms with Gasteiger partial charge in [0.2, 0.25) is 0 Å². The van der Waals surface area contributed by atoms with Crippen molar-refractivity contribution in [3.8, 4) is 0 Å². The Morgan fingerprint density at radius 1 is 1.20 bits per heavy atom. The molecule has 15 heavy (non-hydrogen) atoms. The number of hydrogen-bond donors (Lipinski definition) is 1. The van der Waals surface area contributed by atoms with E-state index >= 15 is 0 Å². The predicted octanol–water partition coefficient (Wildman–Crippen LogP) is 2.62. The van der Waals surface area contributed by atoms with E-state index in [1.54, 1.807) is 0 Å². The van der Waals surface area contributed by atoms with Gasteiger partial charge in [-0.15, -0.1) is 0 Å². The van der Waals surface area contributed by atoms with Crippen LogP contribution in [0, 0.1) is 0 Å². The molecule has 2 atom stereocenters. The van der Waals surface area contributed by atoms with Crippen molar-refractivity contribution in [3.63, 3.8) is 0 Å². The Hall–Kier alpha value is -0.430. The van der Waals surface area contributed by atoms with Gasteiger partial charge in [0.1, 0.15) is 5.34 Å². The summed E-state index contributed by atoms with van der Waals surface area (Å²) in [6.45, 7) is 5.94. The second-order valence-corrected chi connectivity index (χ2v) is 7.13. The lowest BCUT2D eigenvalue weighted by molar-refractivity contribution is 0.0933. The fraction of sp³-hybridized carbons (Fsp3) is 0.500. The first-order valence-corrected chi connectivity index (χ1v) is 6.43. The topological polar surface area (TPSA) is 29.5 Å². The monoisotopic (exact) mass is 224 g/mol. The molecule has 1 saturated heterocycles. The number of hydrogen-bond acceptors (Lipinski definition) is 2. The smallest absolute Gasteiger partial charge is 0.112 e. The van der Waals surface area contributed by atoms with Gasteiger partial charge in [-0.25, -0.2) is 0 Å².